The molecular formula is C16H14O7. The molecule has 7 heteroatoms. The van der Waals surface area contributed by atoms with E-state index in [2.05, 4.69) is 0 Å². The molecule has 2 atom stereocenters. The maximum Gasteiger partial charge on any atom is 0.211 e. The highest BCUT2D eigenvalue weighted by atomic mass is 16.5. The van der Waals surface area contributed by atoms with Crippen LogP contribution in [0.2, 0.25) is 0 Å². The van der Waals surface area contributed by atoms with Crippen LogP contribution in [0.5, 0.6) is 28.7 Å². The van der Waals surface area contributed by atoms with Crippen molar-refractivity contribution in [3.63, 3.8) is 0 Å². The number of ketones is 1. The molecule has 0 amide bonds. The minimum atomic E-state index is -1.64. The maximum absolute atomic E-state index is 12.3. The number of hydrogen-bond acceptors (Lipinski definition) is 7. The molecule has 2 aromatic carbocycles. The van der Waals surface area contributed by atoms with Gasteiger partial charge in [-0.2, -0.15) is 0 Å². The molecule has 0 aromatic heterocycles. The number of phenols is 4. The molecule has 5 N–H and O–H groups in total. The van der Waals surface area contributed by atoms with Gasteiger partial charge in [0, 0.05) is 17.2 Å². The van der Waals surface area contributed by atoms with E-state index in [1.165, 1.54) is 25.1 Å². The molecule has 120 valence electrons. The molecule has 1 aliphatic rings. The molecule has 2 unspecified atom stereocenters. The number of phenolic OH excluding ortho intramolecular Hbond substituents is 4. The third-order valence-electron chi connectivity index (χ3n) is 3.88. The number of benzene rings is 2. The van der Waals surface area contributed by atoms with Crippen LogP contribution in [0, 0.1) is 6.92 Å². The Morgan fingerprint density at radius 2 is 1.70 bits per heavy atom. The second-order valence-electron chi connectivity index (χ2n) is 5.33. The largest absolute Gasteiger partial charge is 0.507 e. The molecule has 0 spiro atoms. The fourth-order valence-corrected chi connectivity index (χ4v) is 2.52. The lowest BCUT2D eigenvalue weighted by atomic mass is 9.91. The van der Waals surface area contributed by atoms with Crippen LogP contribution in [0.25, 0.3) is 0 Å². The van der Waals surface area contributed by atoms with Crippen LogP contribution < -0.4 is 4.74 Å². The SMILES string of the molecule is Cc1c(O)cc2c(c1O)C(O)C(=O)C(c1ccc(O)c(O)c1)O2. The Morgan fingerprint density at radius 3 is 2.35 bits per heavy atom. The molecular weight excluding hydrogens is 304 g/mol. The van der Waals surface area contributed by atoms with E-state index in [1.54, 1.807) is 0 Å². The second-order valence-corrected chi connectivity index (χ2v) is 5.33. The summed E-state index contributed by atoms with van der Waals surface area (Å²) in [5, 5.41) is 48.9. The van der Waals surface area contributed by atoms with Gasteiger partial charge in [-0.25, -0.2) is 0 Å². The van der Waals surface area contributed by atoms with Crippen LogP contribution in [-0.4, -0.2) is 31.3 Å². The summed E-state index contributed by atoms with van der Waals surface area (Å²) in [6, 6.07) is 4.90. The lowest BCUT2D eigenvalue weighted by molar-refractivity contribution is -0.137. The van der Waals surface area contributed by atoms with E-state index >= 15 is 0 Å². The Morgan fingerprint density at radius 1 is 1.00 bits per heavy atom. The third kappa shape index (κ3) is 2.22. The molecule has 0 aliphatic carbocycles. The molecule has 0 saturated carbocycles. The first kappa shape index (κ1) is 15.0. The van der Waals surface area contributed by atoms with Gasteiger partial charge in [0.25, 0.3) is 0 Å². The highest BCUT2D eigenvalue weighted by Gasteiger charge is 2.39. The number of hydrogen-bond donors (Lipinski definition) is 5. The first-order valence-corrected chi connectivity index (χ1v) is 6.77. The number of Topliss-reactive ketones (excluding diaryl/α,β-unsaturated/α-hetero) is 1. The Hall–Kier alpha value is -2.93. The summed E-state index contributed by atoms with van der Waals surface area (Å²) in [5.74, 6) is -2.21. The molecule has 1 heterocycles. The van der Waals surface area contributed by atoms with Gasteiger partial charge in [-0.3, -0.25) is 4.79 Å². The minimum Gasteiger partial charge on any atom is -0.507 e. The van der Waals surface area contributed by atoms with Crippen LogP contribution in [-0.2, 0) is 4.79 Å². The number of aliphatic hydroxyl groups excluding tert-OH is 1. The predicted molar refractivity (Wildman–Crippen MR) is 77.6 cm³/mol. The summed E-state index contributed by atoms with van der Waals surface area (Å²) in [4.78, 5) is 12.3. The monoisotopic (exact) mass is 318 g/mol. The number of carbonyl (C=O) groups excluding carboxylic acids is 1. The highest BCUT2D eigenvalue weighted by Crippen LogP contribution is 2.47. The van der Waals surface area contributed by atoms with Gasteiger partial charge in [0.2, 0.25) is 5.78 Å². The van der Waals surface area contributed by atoms with E-state index < -0.39 is 29.5 Å². The van der Waals surface area contributed by atoms with Crippen LogP contribution in [0.1, 0.15) is 28.9 Å². The number of ether oxygens (including phenoxy) is 1. The second kappa shape index (κ2) is 5.06. The van der Waals surface area contributed by atoms with Crippen molar-refractivity contribution in [1.82, 2.24) is 0 Å². The Kier molecular flexibility index (Phi) is 3.30. The molecule has 0 saturated heterocycles. The van der Waals surface area contributed by atoms with E-state index in [1.807, 2.05) is 0 Å². The zero-order chi connectivity index (χ0) is 16.9. The molecule has 0 fully saturated rings. The summed E-state index contributed by atoms with van der Waals surface area (Å²) < 4.78 is 5.49. The first-order valence-electron chi connectivity index (χ1n) is 6.77. The van der Waals surface area contributed by atoms with Crippen molar-refractivity contribution in [3.8, 4) is 28.7 Å². The van der Waals surface area contributed by atoms with Crippen molar-refractivity contribution in [2.45, 2.75) is 19.1 Å². The fourth-order valence-electron chi connectivity index (χ4n) is 2.52. The van der Waals surface area contributed by atoms with Crippen LogP contribution in [0.4, 0.5) is 0 Å². The van der Waals surface area contributed by atoms with E-state index in [0.717, 1.165) is 6.07 Å². The zero-order valence-electron chi connectivity index (χ0n) is 12.0. The van der Waals surface area contributed by atoms with Crippen molar-refractivity contribution in [2.24, 2.45) is 0 Å². The number of rotatable bonds is 1. The topological polar surface area (TPSA) is 127 Å². The highest BCUT2D eigenvalue weighted by molar-refractivity contribution is 5.92. The lowest BCUT2D eigenvalue weighted by Gasteiger charge is -2.29. The number of fused-ring (bicyclic) bond motifs is 1. The third-order valence-corrected chi connectivity index (χ3v) is 3.88. The lowest BCUT2D eigenvalue weighted by Crippen LogP contribution is -2.30. The first-order chi connectivity index (χ1) is 10.8. The Labute approximate surface area is 130 Å². The summed E-state index contributed by atoms with van der Waals surface area (Å²) in [6.07, 6.45) is -2.88. The van der Waals surface area contributed by atoms with Crippen LogP contribution >= 0.6 is 0 Å². The smallest absolute Gasteiger partial charge is 0.211 e. The van der Waals surface area contributed by atoms with Crippen molar-refractivity contribution in [1.29, 1.82) is 0 Å². The Balaban J connectivity index is 2.11. The average Bonchev–Trinajstić information content (AvgIpc) is 2.51. The van der Waals surface area contributed by atoms with E-state index in [-0.39, 0.29) is 33.9 Å². The van der Waals surface area contributed by atoms with Crippen LogP contribution in [0.15, 0.2) is 24.3 Å². The van der Waals surface area contributed by atoms with Crippen molar-refractivity contribution in [2.75, 3.05) is 0 Å². The van der Waals surface area contributed by atoms with Crippen molar-refractivity contribution in [3.05, 3.63) is 41.0 Å². The standard InChI is InChI=1S/C16H14O7/c1-6-9(18)5-11-12(13(6)20)14(21)15(22)16(23-11)7-2-3-8(17)10(19)4-7/h2-5,14,16-21H,1H3. The molecule has 2 aromatic rings. The van der Waals surface area contributed by atoms with E-state index in [0.29, 0.717) is 0 Å². The van der Waals surface area contributed by atoms with Crippen molar-refractivity contribution < 1.29 is 35.1 Å². The maximum atomic E-state index is 12.3. The van der Waals surface area contributed by atoms with Gasteiger partial charge in [0.05, 0.1) is 5.56 Å². The number of aliphatic hydroxyl groups is 1. The van der Waals surface area contributed by atoms with Gasteiger partial charge >= 0.3 is 0 Å². The van der Waals surface area contributed by atoms with Gasteiger partial charge in [0.1, 0.15) is 23.4 Å². The van der Waals surface area contributed by atoms with Gasteiger partial charge in [0.15, 0.2) is 17.6 Å². The fraction of sp³-hybridized carbons (Fsp3) is 0.188. The van der Waals surface area contributed by atoms with Gasteiger partial charge in [-0.1, -0.05) is 6.07 Å². The predicted octanol–water partition coefficient (Wildman–Crippen LogP) is 1.55. The quantitative estimate of drug-likeness (QED) is 0.505. The molecule has 3 rings (SSSR count). The van der Waals surface area contributed by atoms with Gasteiger partial charge < -0.3 is 30.3 Å². The summed E-state index contributed by atoms with van der Waals surface area (Å²) in [7, 11) is 0. The summed E-state index contributed by atoms with van der Waals surface area (Å²) >= 11 is 0. The van der Waals surface area contributed by atoms with Crippen LogP contribution in [0.3, 0.4) is 0 Å². The van der Waals surface area contributed by atoms with Gasteiger partial charge in [-0.05, 0) is 19.1 Å². The zero-order valence-corrected chi connectivity index (χ0v) is 12.0. The molecule has 7 nitrogen and oxygen atoms in total. The minimum absolute atomic E-state index is 0.0322. The summed E-state index contributed by atoms with van der Waals surface area (Å²) in [6.45, 7) is 1.44. The van der Waals surface area contributed by atoms with E-state index in [9.17, 15) is 30.3 Å². The van der Waals surface area contributed by atoms with Gasteiger partial charge in [-0.15, -0.1) is 0 Å². The Bertz CT molecular complexity index is 813. The average molecular weight is 318 g/mol. The molecule has 0 radical (unpaired) electrons. The normalized spacial score (nSPS) is 20.0. The van der Waals surface area contributed by atoms with Crippen molar-refractivity contribution >= 4 is 5.78 Å². The molecule has 1 aliphatic heterocycles. The van der Waals surface area contributed by atoms with E-state index in [4.69, 9.17) is 4.74 Å². The summed E-state index contributed by atoms with van der Waals surface area (Å²) in [5.41, 5.74) is 0.235. The number of aromatic hydroxyl groups is 4. The molecule has 23 heavy (non-hydrogen) atoms. The number of carbonyl (C=O) groups is 1. The molecule has 0 bridgehead atoms.